The Balaban J connectivity index is 1.88. The number of alkyl halides is 1. The maximum absolute atomic E-state index is 6.07. The van der Waals surface area contributed by atoms with Gasteiger partial charge in [0.15, 0.2) is 0 Å². The topological polar surface area (TPSA) is 0 Å². The number of benzene rings is 2. The molecule has 92 valence electrons. The first-order valence-electron chi connectivity index (χ1n) is 5.83. The van der Waals surface area contributed by atoms with Crippen LogP contribution >= 0.6 is 39.1 Å². The summed E-state index contributed by atoms with van der Waals surface area (Å²) in [6.45, 7) is 0. The summed E-state index contributed by atoms with van der Waals surface area (Å²) in [7, 11) is 0. The molecule has 1 aliphatic rings. The van der Waals surface area contributed by atoms with Crippen molar-refractivity contribution in [3.05, 3.63) is 69.2 Å². The van der Waals surface area contributed by atoms with Gasteiger partial charge in [-0.1, -0.05) is 69.5 Å². The van der Waals surface area contributed by atoms with Crippen molar-refractivity contribution in [1.29, 1.82) is 0 Å². The Morgan fingerprint density at radius 1 is 1.06 bits per heavy atom. The van der Waals surface area contributed by atoms with Crippen LogP contribution in [0.3, 0.4) is 0 Å². The summed E-state index contributed by atoms with van der Waals surface area (Å²) in [4.78, 5) is 0.294. The Kier molecular flexibility index (Phi) is 3.40. The van der Waals surface area contributed by atoms with Crippen LogP contribution in [0.15, 0.2) is 42.5 Å². The largest absolute Gasteiger partial charge is 0.0832 e. The van der Waals surface area contributed by atoms with Crippen LogP contribution in [0, 0.1) is 0 Å². The van der Waals surface area contributed by atoms with E-state index in [0.717, 1.165) is 6.42 Å². The summed E-state index contributed by atoms with van der Waals surface area (Å²) in [5, 5.41) is 1.22. The van der Waals surface area contributed by atoms with Gasteiger partial charge in [-0.15, -0.1) is 0 Å². The molecular formula is C15H11BrCl2. The molecule has 0 heterocycles. The van der Waals surface area contributed by atoms with E-state index in [1.165, 1.54) is 16.7 Å². The van der Waals surface area contributed by atoms with Crippen LogP contribution < -0.4 is 0 Å². The third kappa shape index (κ3) is 2.09. The monoisotopic (exact) mass is 340 g/mol. The van der Waals surface area contributed by atoms with Crippen LogP contribution in [0.1, 0.15) is 27.4 Å². The van der Waals surface area contributed by atoms with Crippen molar-refractivity contribution >= 4 is 39.1 Å². The maximum atomic E-state index is 6.07. The molecule has 0 amide bonds. The average molecular weight is 342 g/mol. The molecule has 2 aromatic carbocycles. The zero-order valence-electron chi connectivity index (χ0n) is 9.54. The molecule has 0 N–H and O–H groups in total. The average Bonchev–Trinajstić information content (AvgIpc) is 2.34. The lowest BCUT2D eigenvalue weighted by molar-refractivity contribution is 0.600. The van der Waals surface area contributed by atoms with Gasteiger partial charge in [0.25, 0.3) is 0 Å². The van der Waals surface area contributed by atoms with Gasteiger partial charge in [0, 0.05) is 10.7 Å². The molecule has 0 spiro atoms. The number of halogens is 3. The van der Waals surface area contributed by atoms with Crippen LogP contribution in [0.25, 0.3) is 0 Å². The molecule has 0 bridgehead atoms. The highest BCUT2D eigenvalue weighted by molar-refractivity contribution is 9.09. The number of fused-ring (bicyclic) bond motifs is 1. The molecule has 2 unspecified atom stereocenters. The molecule has 0 saturated heterocycles. The van der Waals surface area contributed by atoms with Crippen molar-refractivity contribution in [3.8, 4) is 0 Å². The zero-order chi connectivity index (χ0) is 12.7. The summed E-state index contributed by atoms with van der Waals surface area (Å²) in [6, 6.07) is 14.4. The summed E-state index contributed by atoms with van der Waals surface area (Å²) in [5.41, 5.74) is 4.07. The van der Waals surface area contributed by atoms with Crippen molar-refractivity contribution in [2.24, 2.45) is 0 Å². The third-order valence-electron chi connectivity index (χ3n) is 3.51. The van der Waals surface area contributed by atoms with Gasteiger partial charge in [0.1, 0.15) is 0 Å². The lowest BCUT2D eigenvalue weighted by Crippen LogP contribution is -2.20. The number of hydrogen-bond acceptors (Lipinski definition) is 0. The Labute approximate surface area is 125 Å². The van der Waals surface area contributed by atoms with E-state index >= 15 is 0 Å². The van der Waals surface area contributed by atoms with E-state index in [-0.39, 0.29) is 0 Å². The third-order valence-corrected chi connectivity index (χ3v) is 5.42. The molecule has 3 heteroatoms. The highest BCUT2D eigenvalue weighted by Gasteiger charge is 2.32. The molecule has 1 aliphatic carbocycles. The quantitative estimate of drug-likeness (QED) is 0.608. The molecule has 0 radical (unpaired) electrons. The molecule has 0 saturated carbocycles. The van der Waals surface area contributed by atoms with Gasteiger partial charge >= 0.3 is 0 Å². The molecule has 0 nitrogen and oxygen atoms in total. The standard InChI is InChI=1S/C15H11BrCl2/c16-15(10-5-6-13(17)14(18)8-10)12-7-9-3-1-2-4-11(9)12/h1-6,8,12,15H,7H2. The molecule has 0 aliphatic heterocycles. The van der Waals surface area contributed by atoms with E-state index in [1.807, 2.05) is 18.2 Å². The van der Waals surface area contributed by atoms with E-state index < -0.39 is 0 Å². The van der Waals surface area contributed by atoms with E-state index in [0.29, 0.717) is 20.8 Å². The fourth-order valence-corrected chi connectivity index (χ4v) is 3.54. The van der Waals surface area contributed by atoms with E-state index in [9.17, 15) is 0 Å². The summed E-state index contributed by atoms with van der Waals surface area (Å²) in [5.74, 6) is 0.526. The highest BCUT2D eigenvalue weighted by Crippen LogP contribution is 2.48. The van der Waals surface area contributed by atoms with E-state index in [2.05, 4.69) is 40.2 Å². The van der Waals surface area contributed by atoms with Crippen molar-refractivity contribution in [2.75, 3.05) is 0 Å². The first kappa shape index (κ1) is 12.5. The van der Waals surface area contributed by atoms with Gasteiger partial charge in [0.05, 0.1) is 10.0 Å². The van der Waals surface area contributed by atoms with Crippen molar-refractivity contribution in [1.82, 2.24) is 0 Å². The zero-order valence-corrected chi connectivity index (χ0v) is 12.6. The Morgan fingerprint density at radius 3 is 2.56 bits per heavy atom. The molecule has 3 rings (SSSR count). The number of hydrogen-bond donors (Lipinski definition) is 0. The van der Waals surface area contributed by atoms with Gasteiger partial charge in [-0.2, -0.15) is 0 Å². The Hall–Kier alpha value is -0.500. The van der Waals surface area contributed by atoms with E-state index in [4.69, 9.17) is 23.2 Å². The number of rotatable bonds is 2. The van der Waals surface area contributed by atoms with Gasteiger partial charge in [-0.25, -0.2) is 0 Å². The molecular weight excluding hydrogens is 331 g/mol. The summed E-state index contributed by atoms with van der Waals surface area (Å²) >= 11 is 15.8. The second-order valence-electron chi connectivity index (χ2n) is 4.58. The SMILES string of the molecule is Clc1ccc(C(Br)C2Cc3ccccc32)cc1Cl. The van der Waals surface area contributed by atoms with Crippen LogP contribution in [-0.4, -0.2) is 0 Å². The second kappa shape index (κ2) is 4.88. The van der Waals surface area contributed by atoms with Crippen molar-refractivity contribution in [3.63, 3.8) is 0 Å². The normalized spacial score (nSPS) is 18.9. The van der Waals surface area contributed by atoms with Gasteiger partial charge in [-0.05, 0) is 35.2 Å². The Morgan fingerprint density at radius 2 is 1.83 bits per heavy atom. The minimum Gasteiger partial charge on any atom is -0.0832 e. The highest BCUT2D eigenvalue weighted by atomic mass is 79.9. The predicted molar refractivity (Wildman–Crippen MR) is 81.0 cm³/mol. The molecule has 0 aromatic heterocycles. The van der Waals surface area contributed by atoms with Crippen LogP contribution in [-0.2, 0) is 6.42 Å². The first-order valence-corrected chi connectivity index (χ1v) is 7.51. The van der Waals surface area contributed by atoms with E-state index in [1.54, 1.807) is 0 Å². The molecule has 2 aromatic rings. The fourth-order valence-electron chi connectivity index (χ4n) is 2.47. The summed E-state index contributed by atoms with van der Waals surface area (Å²) in [6.07, 6.45) is 1.12. The lowest BCUT2D eigenvalue weighted by atomic mass is 9.74. The summed E-state index contributed by atoms with van der Waals surface area (Å²) < 4.78 is 0. The smallest absolute Gasteiger partial charge is 0.0595 e. The van der Waals surface area contributed by atoms with Crippen molar-refractivity contribution < 1.29 is 0 Å². The molecule has 2 atom stereocenters. The predicted octanol–water partition coefficient (Wildman–Crippen LogP) is 5.77. The van der Waals surface area contributed by atoms with Gasteiger partial charge < -0.3 is 0 Å². The minimum absolute atomic E-state index is 0.294. The molecule has 0 fully saturated rings. The lowest BCUT2D eigenvalue weighted by Gasteiger charge is -2.34. The van der Waals surface area contributed by atoms with Gasteiger partial charge in [0.2, 0.25) is 0 Å². The fraction of sp³-hybridized carbons (Fsp3) is 0.200. The minimum atomic E-state index is 0.294. The molecule has 18 heavy (non-hydrogen) atoms. The van der Waals surface area contributed by atoms with Gasteiger partial charge in [-0.3, -0.25) is 0 Å². The van der Waals surface area contributed by atoms with Crippen LogP contribution in [0.4, 0.5) is 0 Å². The van der Waals surface area contributed by atoms with Crippen molar-refractivity contribution in [2.45, 2.75) is 17.2 Å². The maximum Gasteiger partial charge on any atom is 0.0595 e. The Bertz CT molecular complexity index is 595. The second-order valence-corrected chi connectivity index (χ2v) is 6.39. The first-order chi connectivity index (χ1) is 8.66. The van der Waals surface area contributed by atoms with Crippen LogP contribution in [0.5, 0.6) is 0 Å². The van der Waals surface area contributed by atoms with Crippen LogP contribution in [0.2, 0.25) is 10.0 Å².